The van der Waals surface area contributed by atoms with Gasteiger partial charge < -0.3 is 19.3 Å². The van der Waals surface area contributed by atoms with Gasteiger partial charge in [-0.15, -0.1) is 0 Å². The van der Waals surface area contributed by atoms with E-state index in [4.69, 9.17) is 9.47 Å². The summed E-state index contributed by atoms with van der Waals surface area (Å²) in [5, 5.41) is 0. The highest BCUT2D eigenvalue weighted by molar-refractivity contribution is 5.98. The average Bonchev–Trinajstić information content (AvgIpc) is 2.79. The molecule has 1 amide bonds. The van der Waals surface area contributed by atoms with E-state index in [1.54, 1.807) is 36.2 Å². The van der Waals surface area contributed by atoms with E-state index in [2.05, 4.69) is 29.2 Å². The van der Waals surface area contributed by atoms with Gasteiger partial charge in [0.05, 0.1) is 19.8 Å². The number of Topliss-reactive ketones (excluding diaryl/α,β-unsaturated/α-hetero) is 1. The summed E-state index contributed by atoms with van der Waals surface area (Å²) in [7, 11) is 1.78. The van der Waals surface area contributed by atoms with Crippen molar-refractivity contribution in [2.24, 2.45) is 0 Å². The zero-order valence-corrected chi connectivity index (χ0v) is 17.8. The Morgan fingerprint density at radius 1 is 1.00 bits per heavy atom. The van der Waals surface area contributed by atoms with E-state index in [0.717, 1.165) is 37.6 Å². The largest absolute Gasteiger partial charge is 0.494 e. The molecule has 1 aliphatic heterocycles. The molecule has 1 saturated heterocycles. The molecule has 0 radical (unpaired) electrons. The zero-order valence-electron chi connectivity index (χ0n) is 17.8. The number of benzene rings is 2. The molecule has 0 spiro atoms. The minimum atomic E-state index is -0.0356. The first-order chi connectivity index (χ1) is 14.6. The smallest absolute Gasteiger partial charge is 0.223 e. The van der Waals surface area contributed by atoms with Gasteiger partial charge in [-0.25, -0.2) is 0 Å². The summed E-state index contributed by atoms with van der Waals surface area (Å²) in [6.45, 7) is 6.35. The van der Waals surface area contributed by atoms with Crippen LogP contribution in [0.25, 0.3) is 0 Å². The lowest BCUT2D eigenvalue weighted by molar-refractivity contribution is -0.130. The summed E-state index contributed by atoms with van der Waals surface area (Å²) in [6, 6.07) is 15.4. The van der Waals surface area contributed by atoms with Crippen LogP contribution in [0.3, 0.4) is 0 Å². The molecule has 0 atom stereocenters. The van der Waals surface area contributed by atoms with E-state index in [1.807, 2.05) is 6.92 Å². The van der Waals surface area contributed by atoms with Crippen molar-refractivity contribution in [3.8, 4) is 5.75 Å². The number of hydrogen-bond donors (Lipinski definition) is 0. The lowest BCUT2D eigenvalue weighted by Gasteiger charge is -2.29. The maximum absolute atomic E-state index is 12.5. The van der Waals surface area contributed by atoms with Crippen molar-refractivity contribution in [3.05, 3.63) is 59.7 Å². The molecule has 0 unspecified atom stereocenters. The molecular formula is C24H30N2O4. The Kier molecular flexibility index (Phi) is 7.85. The minimum Gasteiger partial charge on any atom is -0.494 e. The second-order valence-corrected chi connectivity index (χ2v) is 7.40. The second kappa shape index (κ2) is 10.8. The Labute approximate surface area is 178 Å². The molecule has 0 N–H and O–H groups in total. The number of anilines is 1. The van der Waals surface area contributed by atoms with Gasteiger partial charge in [0.1, 0.15) is 5.75 Å². The molecule has 1 fully saturated rings. The van der Waals surface area contributed by atoms with Crippen molar-refractivity contribution in [1.82, 2.24) is 4.90 Å². The van der Waals surface area contributed by atoms with E-state index in [0.29, 0.717) is 18.7 Å². The van der Waals surface area contributed by atoms with Crippen molar-refractivity contribution in [2.75, 3.05) is 44.9 Å². The highest BCUT2D eigenvalue weighted by atomic mass is 16.5. The first kappa shape index (κ1) is 21.8. The van der Waals surface area contributed by atoms with Crippen LogP contribution >= 0.6 is 0 Å². The number of nitrogens with zero attached hydrogens (tertiary/aromatic N) is 2. The predicted molar refractivity (Wildman–Crippen MR) is 117 cm³/mol. The van der Waals surface area contributed by atoms with Crippen LogP contribution in [0.15, 0.2) is 48.5 Å². The van der Waals surface area contributed by atoms with Crippen molar-refractivity contribution >= 4 is 17.4 Å². The maximum Gasteiger partial charge on any atom is 0.223 e. The molecule has 3 rings (SSSR count). The van der Waals surface area contributed by atoms with Crippen LogP contribution in [0.5, 0.6) is 5.75 Å². The molecule has 1 aliphatic rings. The van der Waals surface area contributed by atoms with Gasteiger partial charge in [0.2, 0.25) is 5.91 Å². The monoisotopic (exact) mass is 410 g/mol. The van der Waals surface area contributed by atoms with Gasteiger partial charge in [-0.05, 0) is 48.9 Å². The minimum absolute atomic E-state index is 0.0327. The fourth-order valence-electron chi connectivity index (χ4n) is 3.46. The normalized spacial score (nSPS) is 13.7. The number of carbonyl (C=O) groups is 2. The van der Waals surface area contributed by atoms with Crippen LogP contribution in [0.2, 0.25) is 0 Å². The van der Waals surface area contributed by atoms with Crippen molar-refractivity contribution in [1.29, 1.82) is 0 Å². The average molecular weight is 411 g/mol. The molecule has 0 aromatic heterocycles. The van der Waals surface area contributed by atoms with Gasteiger partial charge in [0.15, 0.2) is 5.78 Å². The van der Waals surface area contributed by atoms with Crippen LogP contribution < -0.4 is 9.64 Å². The van der Waals surface area contributed by atoms with Crippen molar-refractivity contribution in [3.63, 3.8) is 0 Å². The second-order valence-electron chi connectivity index (χ2n) is 7.40. The third-order valence-electron chi connectivity index (χ3n) is 5.21. The van der Waals surface area contributed by atoms with Crippen LogP contribution in [0, 0.1) is 0 Å². The summed E-state index contributed by atoms with van der Waals surface area (Å²) in [5.41, 5.74) is 2.85. The molecule has 2 aromatic rings. The van der Waals surface area contributed by atoms with E-state index < -0.39 is 0 Å². The topological polar surface area (TPSA) is 59.1 Å². The van der Waals surface area contributed by atoms with Crippen molar-refractivity contribution in [2.45, 2.75) is 26.3 Å². The van der Waals surface area contributed by atoms with E-state index in [9.17, 15) is 9.59 Å². The van der Waals surface area contributed by atoms with Crippen LogP contribution in [0.4, 0.5) is 5.69 Å². The first-order valence-electron chi connectivity index (χ1n) is 10.5. The van der Waals surface area contributed by atoms with Gasteiger partial charge in [-0.2, -0.15) is 0 Å². The van der Waals surface area contributed by atoms with Gasteiger partial charge >= 0.3 is 0 Å². The third kappa shape index (κ3) is 6.07. The van der Waals surface area contributed by atoms with E-state index in [-0.39, 0.29) is 24.5 Å². The number of ketones is 1. The maximum atomic E-state index is 12.5. The number of amides is 1. The number of rotatable bonds is 9. The molecule has 160 valence electrons. The summed E-state index contributed by atoms with van der Waals surface area (Å²) in [4.78, 5) is 28.8. The SMILES string of the molecule is CCOc1ccc(C(=O)CCC(=O)N(C)Cc2ccc(N3CCOCC3)cc2)cc1. The number of carbonyl (C=O) groups excluding carboxylic acids is 2. The Hall–Kier alpha value is -2.86. The Bertz CT molecular complexity index is 827. The first-order valence-corrected chi connectivity index (χ1v) is 10.5. The highest BCUT2D eigenvalue weighted by Crippen LogP contribution is 2.18. The molecule has 1 heterocycles. The van der Waals surface area contributed by atoms with Crippen LogP contribution in [-0.4, -0.2) is 56.5 Å². The molecule has 0 saturated carbocycles. The molecule has 0 aliphatic carbocycles. The van der Waals surface area contributed by atoms with Gasteiger partial charge in [0, 0.05) is 50.8 Å². The Morgan fingerprint density at radius 3 is 2.30 bits per heavy atom. The molecule has 30 heavy (non-hydrogen) atoms. The van der Waals surface area contributed by atoms with Crippen LogP contribution in [0.1, 0.15) is 35.7 Å². The summed E-state index contributed by atoms with van der Waals surface area (Å²) in [5.74, 6) is 0.672. The standard InChI is InChI=1S/C24H30N2O4/c1-3-30-22-10-6-20(7-11-22)23(27)12-13-24(28)25(2)18-19-4-8-21(9-5-19)26-14-16-29-17-15-26/h4-11H,3,12-18H2,1-2H3. The molecule has 6 nitrogen and oxygen atoms in total. The van der Waals surface area contributed by atoms with Gasteiger partial charge in [-0.3, -0.25) is 9.59 Å². The molecular weight excluding hydrogens is 380 g/mol. The quantitative estimate of drug-likeness (QED) is 0.592. The summed E-state index contributed by atoms with van der Waals surface area (Å²) >= 11 is 0. The van der Waals surface area contributed by atoms with Crippen LogP contribution in [-0.2, 0) is 16.1 Å². The number of ether oxygens (including phenoxy) is 2. The number of morpholine rings is 1. The third-order valence-corrected chi connectivity index (χ3v) is 5.21. The zero-order chi connectivity index (χ0) is 21.3. The van der Waals surface area contributed by atoms with Crippen molar-refractivity contribution < 1.29 is 19.1 Å². The molecule has 2 aromatic carbocycles. The molecule has 0 bridgehead atoms. The fourth-order valence-corrected chi connectivity index (χ4v) is 3.46. The van der Waals surface area contributed by atoms with E-state index >= 15 is 0 Å². The fraction of sp³-hybridized carbons (Fsp3) is 0.417. The predicted octanol–water partition coefficient (Wildman–Crippen LogP) is 3.54. The lowest BCUT2D eigenvalue weighted by atomic mass is 10.1. The lowest BCUT2D eigenvalue weighted by Crippen LogP contribution is -2.36. The highest BCUT2D eigenvalue weighted by Gasteiger charge is 2.14. The summed E-state index contributed by atoms with van der Waals surface area (Å²) < 4.78 is 10.8. The number of hydrogen-bond acceptors (Lipinski definition) is 5. The van der Waals surface area contributed by atoms with Gasteiger partial charge in [-0.1, -0.05) is 12.1 Å². The van der Waals surface area contributed by atoms with E-state index in [1.165, 1.54) is 5.69 Å². The Balaban J connectivity index is 1.46. The Morgan fingerprint density at radius 2 is 1.67 bits per heavy atom. The van der Waals surface area contributed by atoms with Gasteiger partial charge in [0.25, 0.3) is 0 Å². The molecule has 6 heteroatoms. The summed E-state index contributed by atoms with van der Waals surface area (Å²) in [6.07, 6.45) is 0.404.